The highest BCUT2D eigenvalue weighted by Crippen LogP contribution is 2.18. The molecule has 1 atom stereocenters. The lowest BCUT2D eigenvalue weighted by molar-refractivity contribution is -0.141. The molecule has 0 aromatic carbocycles. The minimum absolute atomic E-state index is 0.110. The van der Waals surface area contributed by atoms with Crippen molar-refractivity contribution < 1.29 is 19.4 Å². The van der Waals surface area contributed by atoms with Gasteiger partial charge in [-0.3, -0.25) is 14.3 Å². The number of aromatic nitrogens is 3. The molecule has 3 rings (SSSR count). The number of carbonyl (C=O) groups excluding carboxylic acids is 1. The van der Waals surface area contributed by atoms with Crippen molar-refractivity contribution in [2.24, 2.45) is 7.05 Å². The molecule has 1 saturated heterocycles. The lowest BCUT2D eigenvalue weighted by Gasteiger charge is -2.32. The van der Waals surface area contributed by atoms with Crippen LogP contribution in [0.15, 0.2) is 30.7 Å². The first-order chi connectivity index (χ1) is 11.1. The third-order valence-electron chi connectivity index (χ3n) is 3.82. The SMILES string of the molecule is Cn1ncc(C(=O)N2CCO[C@H](CC(=O)O)C2)c1-n1cccc1. The van der Waals surface area contributed by atoms with Crippen LogP contribution < -0.4 is 0 Å². The fourth-order valence-corrected chi connectivity index (χ4v) is 2.76. The molecule has 2 aromatic rings. The molecular formula is C15H18N4O4. The van der Waals surface area contributed by atoms with Crippen molar-refractivity contribution in [3.8, 4) is 5.82 Å². The Kier molecular flexibility index (Phi) is 4.16. The maximum atomic E-state index is 12.8. The molecule has 3 heterocycles. The number of hydrogen-bond acceptors (Lipinski definition) is 4. The van der Waals surface area contributed by atoms with Crippen molar-refractivity contribution in [1.82, 2.24) is 19.2 Å². The highest BCUT2D eigenvalue weighted by atomic mass is 16.5. The van der Waals surface area contributed by atoms with Gasteiger partial charge >= 0.3 is 5.97 Å². The molecule has 8 nitrogen and oxygen atoms in total. The maximum Gasteiger partial charge on any atom is 0.306 e. The average Bonchev–Trinajstić information content (AvgIpc) is 3.15. The van der Waals surface area contributed by atoms with Crippen LogP contribution in [-0.4, -0.2) is 62.0 Å². The zero-order chi connectivity index (χ0) is 16.4. The molecule has 1 fully saturated rings. The summed E-state index contributed by atoms with van der Waals surface area (Å²) in [5, 5.41) is 13.1. The van der Waals surface area contributed by atoms with E-state index in [2.05, 4.69) is 5.10 Å². The molecule has 0 radical (unpaired) electrons. The Balaban J connectivity index is 1.82. The number of carboxylic acids is 1. The molecule has 1 aliphatic rings. The maximum absolute atomic E-state index is 12.8. The lowest BCUT2D eigenvalue weighted by Crippen LogP contribution is -2.46. The van der Waals surface area contributed by atoms with Gasteiger partial charge in [0.15, 0.2) is 0 Å². The van der Waals surface area contributed by atoms with E-state index < -0.39 is 12.1 Å². The highest BCUT2D eigenvalue weighted by Gasteiger charge is 2.29. The largest absolute Gasteiger partial charge is 0.481 e. The summed E-state index contributed by atoms with van der Waals surface area (Å²) < 4.78 is 8.88. The van der Waals surface area contributed by atoms with Crippen molar-refractivity contribution in [3.63, 3.8) is 0 Å². The number of carbonyl (C=O) groups is 2. The van der Waals surface area contributed by atoms with E-state index in [0.29, 0.717) is 24.5 Å². The van der Waals surface area contributed by atoms with Gasteiger partial charge in [-0.15, -0.1) is 0 Å². The molecule has 0 spiro atoms. The molecule has 122 valence electrons. The van der Waals surface area contributed by atoms with Gasteiger partial charge in [-0.1, -0.05) is 0 Å². The summed E-state index contributed by atoms with van der Waals surface area (Å²) in [5.74, 6) is -0.416. The van der Waals surface area contributed by atoms with Gasteiger partial charge in [0.1, 0.15) is 11.4 Å². The van der Waals surface area contributed by atoms with Crippen molar-refractivity contribution >= 4 is 11.9 Å². The first-order valence-corrected chi connectivity index (χ1v) is 7.34. The van der Waals surface area contributed by atoms with Gasteiger partial charge in [0, 0.05) is 32.5 Å². The zero-order valence-corrected chi connectivity index (χ0v) is 12.8. The summed E-state index contributed by atoms with van der Waals surface area (Å²) in [5.41, 5.74) is 0.486. The Morgan fingerprint density at radius 2 is 2.13 bits per heavy atom. The normalized spacial score (nSPS) is 18.1. The minimum Gasteiger partial charge on any atom is -0.481 e. The first-order valence-electron chi connectivity index (χ1n) is 7.34. The van der Waals surface area contributed by atoms with Gasteiger partial charge in [-0.25, -0.2) is 0 Å². The number of amides is 1. The summed E-state index contributed by atoms with van der Waals surface area (Å²) in [6.45, 7) is 1.04. The van der Waals surface area contributed by atoms with Gasteiger partial charge in [0.2, 0.25) is 0 Å². The van der Waals surface area contributed by atoms with E-state index >= 15 is 0 Å². The summed E-state index contributed by atoms with van der Waals surface area (Å²) in [6.07, 6.45) is 4.65. The number of aryl methyl sites for hydroxylation is 1. The topological polar surface area (TPSA) is 89.6 Å². The monoisotopic (exact) mass is 318 g/mol. The minimum atomic E-state index is -0.932. The number of morpholine rings is 1. The molecule has 0 unspecified atom stereocenters. The van der Waals surface area contributed by atoms with E-state index in [1.807, 2.05) is 29.1 Å². The van der Waals surface area contributed by atoms with Crippen molar-refractivity contribution in [2.45, 2.75) is 12.5 Å². The number of hydrogen-bond donors (Lipinski definition) is 1. The fraction of sp³-hybridized carbons (Fsp3) is 0.400. The number of ether oxygens (including phenoxy) is 1. The second kappa shape index (κ2) is 6.25. The van der Waals surface area contributed by atoms with Crippen LogP contribution in [0.1, 0.15) is 16.8 Å². The average molecular weight is 318 g/mol. The van der Waals surface area contributed by atoms with Gasteiger partial charge in [0.25, 0.3) is 5.91 Å². The number of nitrogens with zero attached hydrogens (tertiary/aromatic N) is 4. The lowest BCUT2D eigenvalue weighted by atomic mass is 10.2. The second-order valence-corrected chi connectivity index (χ2v) is 5.44. The van der Waals surface area contributed by atoms with Crippen LogP contribution in [0.2, 0.25) is 0 Å². The molecule has 1 aliphatic heterocycles. The van der Waals surface area contributed by atoms with E-state index in [0.717, 1.165) is 0 Å². The molecule has 2 aromatic heterocycles. The Bertz CT molecular complexity index is 707. The van der Waals surface area contributed by atoms with E-state index in [1.54, 1.807) is 22.8 Å². The van der Waals surface area contributed by atoms with Crippen molar-refractivity contribution in [3.05, 3.63) is 36.3 Å². The standard InChI is InChI=1S/C15H18N4O4/c1-17-14(18-4-2-3-5-18)12(9-16-17)15(22)19-6-7-23-11(10-19)8-13(20)21/h2-5,9,11H,6-8,10H2,1H3,(H,20,21)/t11-/m1/s1. The summed E-state index contributed by atoms with van der Waals surface area (Å²) >= 11 is 0. The van der Waals surface area contributed by atoms with Crippen molar-refractivity contribution in [2.75, 3.05) is 19.7 Å². The van der Waals surface area contributed by atoms with E-state index in [1.165, 1.54) is 0 Å². The fourth-order valence-electron chi connectivity index (χ4n) is 2.76. The molecule has 0 saturated carbocycles. The number of aliphatic carboxylic acids is 1. The molecule has 0 bridgehead atoms. The molecule has 1 amide bonds. The Morgan fingerprint density at radius 1 is 1.39 bits per heavy atom. The molecule has 8 heteroatoms. The van der Waals surface area contributed by atoms with Crippen LogP contribution in [0, 0.1) is 0 Å². The van der Waals surface area contributed by atoms with Gasteiger partial charge in [-0.05, 0) is 12.1 Å². The summed E-state index contributed by atoms with van der Waals surface area (Å²) in [7, 11) is 1.78. The molecule has 1 N–H and O–H groups in total. The Morgan fingerprint density at radius 3 is 2.83 bits per heavy atom. The zero-order valence-electron chi connectivity index (χ0n) is 12.8. The van der Waals surface area contributed by atoms with Gasteiger partial charge in [0.05, 0.1) is 25.3 Å². The molecule has 0 aliphatic carbocycles. The number of rotatable bonds is 4. The molecular weight excluding hydrogens is 300 g/mol. The number of carboxylic acid groups (broad SMARTS) is 1. The third-order valence-corrected chi connectivity index (χ3v) is 3.82. The Hall–Kier alpha value is -2.61. The summed E-state index contributed by atoms with van der Waals surface area (Å²) in [6, 6.07) is 3.75. The van der Waals surface area contributed by atoms with Crippen LogP contribution in [0.4, 0.5) is 0 Å². The van der Waals surface area contributed by atoms with Crippen LogP contribution >= 0.6 is 0 Å². The van der Waals surface area contributed by atoms with Crippen molar-refractivity contribution in [1.29, 1.82) is 0 Å². The van der Waals surface area contributed by atoms with Gasteiger partial charge < -0.3 is 19.3 Å². The predicted molar refractivity (Wildman–Crippen MR) is 80.4 cm³/mol. The van der Waals surface area contributed by atoms with E-state index in [4.69, 9.17) is 9.84 Å². The van der Waals surface area contributed by atoms with E-state index in [9.17, 15) is 9.59 Å². The van der Waals surface area contributed by atoms with Gasteiger partial charge in [-0.2, -0.15) is 5.10 Å². The third kappa shape index (κ3) is 3.11. The quantitative estimate of drug-likeness (QED) is 0.888. The predicted octanol–water partition coefficient (Wildman–Crippen LogP) is 0.526. The second-order valence-electron chi connectivity index (χ2n) is 5.44. The molecule has 23 heavy (non-hydrogen) atoms. The van der Waals surface area contributed by atoms with E-state index in [-0.39, 0.29) is 18.9 Å². The first kappa shape index (κ1) is 15.3. The van der Waals surface area contributed by atoms with Crippen LogP contribution in [0.25, 0.3) is 5.82 Å². The van der Waals surface area contributed by atoms with Crippen LogP contribution in [0.5, 0.6) is 0 Å². The summed E-state index contributed by atoms with van der Waals surface area (Å²) in [4.78, 5) is 25.3. The Labute approximate surface area is 132 Å². The van der Waals surface area contributed by atoms with Crippen LogP contribution in [-0.2, 0) is 16.6 Å². The smallest absolute Gasteiger partial charge is 0.306 e. The highest BCUT2D eigenvalue weighted by molar-refractivity contribution is 5.97. The van der Waals surface area contributed by atoms with Crippen LogP contribution in [0.3, 0.4) is 0 Å².